The van der Waals surface area contributed by atoms with Crippen LogP contribution < -0.4 is 0 Å². The number of allylic oxidation sites excluding steroid dienone is 8. The summed E-state index contributed by atoms with van der Waals surface area (Å²) >= 11 is 0. The molecule has 0 aliphatic heterocycles. The van der Waals surface area contributed by atoms with Gasteiger partial charge in [-0.05, 0) is 47.4 Å². The van der Waals surface area contributed by atoms with Crippen LogP contribution in [0.2, 0.25) is 0 Å². The minimum atomic E-state index is 0.418. The standard InChI is InChI=1S/C14H10/c1-3-7-13-11(5-1)9-10-12-6-2-4-8-14(12)13/h1-2,5,7-10,13H,6H2. The van der Waals surface area contributed by atoms with Gasteiger partial charge in [-0.15, -0.1) is 11.5 Å². The number of rotatable bonds is 0. The van der Waals surface area contributed by atoms with Gasteiger partial charge in [0.1, 0.15) is 0 Å². The van der Waals surface area contributed by atoms with Gasteiger partial charge < -0.3 is 0 Å². The quantitative estimate of drug-likeness (QED) is 0.499. The van der Waals surface area contributed by atoms with Crippen LogP contribution in [0.1, 0.15) is 6.42 Å². The molecule has 0 N–H and O–H groups in total. The molecule has 0 saturated carbocycles. The van der Waals surface area contributed by atoms with Gasteiger partial charge in [0.2, 0.25) is 0 Å². The van der Waals surface area contributed by atoms with Crippen LogP contribution in [-0.2, 0) is 0 Å². The van der Waals surface area contributed by atoms with E-state index in [-0.39, 0.29) is 0 Å². The molecule has 66 valence electrons. The minimum Gasteiger partial charge on any atom is -0.125 e. The molecule has 3 aliphatic carbocycles. The predicted molar refractivity (Wildman–Crippen MR) is 57.7 cm³/mol. The molecule has 0 heteroatoms. The van der Waals surface area contributed by atoms with Crippen LogP contribution in [-0.4, -0.2) is 0 Å². The summed E-state index contributed by atoms with van der Waals surface area (Å²) in [6.07, 6.45) is 15.9. The summed E-state index contributed by atoms with van der Waals surface area (Å²) in [5.74, 6) is 0.418. The number of fused-ring (bicyclic) bond motifs is 2. The van der Waals surface area contributed by atoms with E-state index >= 15 is 0 Å². The molecule has 14 heavy (non-hydrogen) atoms. The van der Waals surface area contributed by atoms with E-state index in [9.17, 15) is 0 Å². The summed E-state index contributed by atoms with van der Waals surface area (Å²) in [7, 11) is 0. The minimum absolute atomic E-state index is 0.418. The smallest absolute Gasteiger partial charge is 0.0353 e. The maximum atomic E-state index is 3.19. The third-order valence-electron chi connectivity index (χ3n) is 2.86. The summed E-state index contributed by atoms with van der Waals surface area (Å²) < 4.78 is 0. The number of hydrogen-bond donors (Lipinski definition) is 0. The van der Waals surface area contributed by atoms with Gasteiger partial charge >= 0.3 is 0 Å². The van der Waals surface area contributed by atoms with Gasteiger partial charge in [0, 0.05) is 5.92 Å². The molecule has 0 fully saturated rings. The molecule has 0 amide bonds. The van der Waals surface area contributed by atoms with E-state index < -0.39 is 0 Å². The van der Waals surface area contributed by atoms with Crippen molar-refractivity contribution in [3.05, 3.63) is 70.7 Å². The lowest BCUT2D eigenvalue weighted by Gasteiger charge is -2.24. The molecule has 0 heterocycles. The third kappa shape index (κ3) is 1.03. The second kappa shape index (κ2) is 2.89. The highest BCUT2D eigenvalue weighted by molar-refractivity contribution is 5.53. The van der Waals surface area contributed by atoms with Crippen molar-refractivity contribution in [3.8, 4) is 0 Å². The zero-order valence-corrected chi connectivity index (χ0v) is 7.83. The molecule has 0 aromatic rings. The van der Waals surface area contributed by atoms with Gasteiger partial charge in [-0.1, -0.05) is 18.2 Å². The van der Waals surface area contributed by atoms with E-state index in [4.69, 9.17) is 0 Å². The second-order valence-corrected chi connectivity index (χ2v) is 3.68. The van der Waals surface area contributed by atoms with Gasteiger partial charge in [0.05, 0.1) is 0 Å². The molecule has 0 spiro atoms. The topological polar surface area (TPSA) is 0 Å². The summed E-state index contributed by atoms with van der Waals surface area (Å²) in [5, 5.41) is 0. The summed E-state index contributed by atoms with van der Waals surface area (Å²) in [6.45, 7) is 0. The molecule has 0 aromatic carbocycles. The van der Waals surface area contributed by atoms with Crippen molar-refractivity contribution in [2.24, 2.45) is 5.92 Å². The Labute approximate surface area is 83.6 Å². The van der Waals surface area contributed by atoms with E-state index in [1.54, 1.807) is 0 Å². The summed E-state index contributed by atoms with van der Waals surface area (Å²) in [4.78, 5) is 0. The third-order valence-corrected chi connectivity index (χ3v) is 2.86. The maximum absolute atomic E-state index is 3.19. The fraction of sp³-hybridized carbons (Fsp3) is 0.143. The lowest BCUT2D eigenvalue weighted by Crippen LogP contribution is -2.10. The van der Waals surface area contributed by atoms with E-state index in [2.05, 4.69) is 47.9 Å². The molecule has 1 atom stereocenters. The lowest BCUT2D eigenvalue weighted by atomic mass is 9.80. The molecule has 0 bridgehead atoms. The Bertz CT molecular complexity index is 494. The first-order valence-corrected chi connectivity index (χ1v) is 4.90. The van der Waals surface area contributed by atoms with Crippen LogP contribution in [0.4, 0.5) is 0 Å². The Morgan fingerprint density at radius 3 is 3.21 bits per heavy atom. The summed E-state index contributed by atoms with van der Waals surface area (Å²) in [5.41, 5.74) is 10.5. The Morgan fingerprint density at radius 1 is 1.21 bits per heavy atom. The van der Waals surface area contributed by atoms with Crippen LogP contribution in [0.15, 0.2) is 70.7 Å². The molecule has 0 nitrogen and oxygen atoms in total. The SMILES string of the molecule is C1=CCC2=C(C=1)C1C=C=CC=C1C=C2. The fourth-order valence-electron chi connectivity index (χ4n) is 2.10. The molecule has 0 saturated heterocycles. The van der Waals surface area contributed by atoms with Crippen LogP contribution in [0.25, 0.3) is 0 Å². The van der Waals surface area contributed by atoms with Gasteiger partial charge in [0.25, 0.3) is 0 Å². The monoisotopic (exact) mass is 178 g/mol. The zero-order chi connectivity index (χ0) is 9.38. The highest BCUT2D eigenvalue weighted by atomic mass is 14.2. The molecular formula is C14H10. The first kappa shape index (κ1) is 7.64. The Kier molecular flexibility index (Phi) is 1.58. The van der Waals surface area contributed by atoms with Gasteiger partial charge in [-0.2, -0.15) is 0 Å². The Hall–Kier alpha value is -1.74. The van der Waals surface area contributed by atoms with E-state index in [1.807, 2.05) is 6.08 Å². The Balaban J connectivity index is 2.18. The molecule has 0 radical (unpaired) electrons. The number of hydrogen-bond acceptors (Lipinski definition) is 0. The van der Waals surface area contributed by atoms with Crippen LogP contribution in [0.3, 0.4) is 0 Å². The second-order valence-electron chi connectivity index (χ2n) is 3.68. The average Bonchev–Trinajstić information content (AvgIpc) is 2.29. The molecular weight excluding hydrogens is 168 g/mol. The van der Waals surface area contributed by atoms with Gasteiger partial charge in [-0.25, -0.2) is 0 Å². The largest absolute Gasteiger partial charge is 0.125 e. The van der Waals surface area contributed by atoms with Crippen molar-refractivity contribution < 1.29 is 0 Å². The van der Waals surface area contributed by atoms with E-state index in [0.717, 1.165) is 6.42 Å². The van der Waals surface area contributed by atoms with Crippen molar-refractivity contribution in [1.29, 1.82) is 0 Å². The fourth-order valence-corrected chi connectivity index (χ4v) is 2.10. The van der Waals surface area contributed by atoms with Crippen LogP contribution in [0.5, 0.6) is 0 Å². The maximum Gasteiger partial charge on any atom is 0.0353 e. The highest BCUT2D eigenvalue weighted by Gasteiger charge is 2.20. The molecule has 1 unspecified atom stereocenters. The summed E-state index contributed by atoms with van der Waals surface area (Å²) in [6, 6.07) is 0. The van der Waals surface area contributed by atoms with Crippen molar-refractivity contribution in [3.63, 3.8) is 0 Å². The highest BCUT2D eigenvalue weighted by Crippen LogP contribution is 2.35. The van der Waals surface area contributed by atoms with Crippen molar-refractivity contribution in [2.75, 3.05) is 0 Å². The van der Waals surface area contributed by atoms with Crippen LogP contribution in [0, 0.1) is 5.92 Å². The van der Waals surface area contributed by atoms with Crippen molar-refractivity contribution in [2.45, 2.75) is 6.42 Å². The van der Waals surface area contributed by atoms with Crippen molar-refractivity contribution >= 4 is 0 Å². The average molecular weight is 178 g/mol. The van der Waals surface area contributed by atoms with Crippen molar-refractivity contribution in [1.82, 2.24) is 0 Å². The van der Waals surface area contributed by atoms with E-state index in [0.29, 0.717) is 5.92 Å². The van der Waals surface area contributed by atoms with Crippen LogP contribution >= 0.6 is 0 Å². The molecule has 3 rings (SSSR count). The molecule has 3 aliphatic rings. The molecule has 0 aromatic heterocycles. The van der Waals surface area contributed by atoms with Gasteiger partial charge in [0.15, 0.2) is 0 Å². The zero-order valence-electron chi connectivity index (χ0n) is 7.83. The van der Waals surface area contributed by atoms with E-state index in [1.165, 1.54) is 16.7 Å². The van der Waals surface area contributed by atoms with Gasteiger partial charge in [-0.3, -0.25) is 0 Å². The first-order chi connectivity index (χ1) is 6.95. The predicted octanol–water partition coefficient (Wildman–Crippen LogP) is 3.24. The lowest BCUT2D eigenvalue weighted by molar-refractivity contribution is 0.903. The Morgan fingerprint density at radius 2 is 2.21 bits per heavy atom. The normalized spacial score (nSPS) is 26.3. The first-order valence-electron chi connectivity index (χ1n) is 4.90.